The summed E-state index contributed by atoms with van der Waals surface area (Å²) in [6.07, 6.45) is 2.01. The number of carbonyl (C=O) groups excluding carboxylic acids is 1. The van der Waals surface area contributed by atoms with E-state index in [2.05, 4.69) is 10.6 Å². The number of halogens is 1. The first-order valence-corrected chi connectivity index (χ1v) is 8.20. The fourth-order valence-electron chi connectivity index (χ4n) is 1.79. The Morgan fingerprint density at radius 1 is 1.18 bits per heavy atom. The summed E-state index contributed by atoms with van der Waals surface area (Å²) >= 11 is 6.72. The molecule has 0 atom stereocenters. The Morgan fingerprint density at radius 2 is 1.86 bits per heavy atom. The van der Waals surface area contributed by atoms with Crippen molar-refractivity contribution in [1.82, 2.24) is 10.6 Å². The first-order chi connectivity index (χ1) is 10.6. The Kier molecular flexibility index (Phi) is 5.91. The molecule has 0 unspecified atom stereocenters. The van der Waals surface area contributed by atoms with E-state index in [1.807, 2.05) is 30.5 Å². The van der Waals surface area contributed by atoms with Crippen LogP contribution in [0.2, 0.25) is 0 Å². The molecule has 0 saturated carbocycles. The summed E-state index contributed by atoms with van der Waals surface area (Å²) in [4.78, 5) is 13.1. The van der Waals surface area contributed by atoms with Gasteiger partial charge in [-0.1, -0.05) is 24.3 Å². The van der Waals surface area contributed by atoms with Crippen LogP contribution in [0.5, 0.6) is 0 Å². The molecule has 2 aromatic rings. The largest absolute Gasteiger partial charge is 0.358 e. The molecule has 2 aromatic carbocycles. The van der Waals surface area contributed by atoms with E-state index in [0.29, 0.717) is 6.54 Å². The number of thiocarbonyl (C=S) groups is 1. The van der Waals surface area contributed by atoms with Crippen LogP contribution in [-0.2, 0) is 6.54 Å². The molecule has 0 aliphatic heterocycles. The molecule has 2 rings (SSSR count). The second-order valence-electron chi connectivity index (χ2n) is 4.46. The molecular formula is C16H15FN2OS2. The molecule has 0 bridgehead atoms. The van der Waals surface area contributed by atoms with Crippen LogP contribution in [0.25, 0.3) is 0 Å². The van der Waals surface area contributed by atoms with E-state index >= 15 is 0 Å². The first kappa shape index (κ1) is 16.5. The number of hydrogen-bond acceptors (Lipinski definition) is 3. The summed E-state index contributed by atoms with van der Waals surface area (Å²) in [5.74, 6) is -1.14. The summed E-state index contributed by atoms with van der Waals surface area (Å²) in [6.45, 7) is 0.491. The van der Waals surface area contributed by atoms with Gasteiger partial charge in [-0.3, -0.25) is 10.1 Å². The van der Waals surface area contributed by atoms with Crippen LogP contribution >= 0.6 is 24.0 Å². The smallest absolute Gasteiger partial charge is 0.260 e. The lowest BCUT2D eigenvalue weighted by molar-refractivity contribution is 0.0972. The van der Waals surface area contributed by atoms with Crippen molar-refractivity contribution in [3.63, 3.8) is 0 Å². The molecule has 0 aromatic heterocycles. The average molecular weight is 334 g/mol. The molecule has 1 amide bonds. The van der Waals surface area contributed by atoms with E-state index in [4.69, 9.17) is 12.2 Å². The van der Waals surface area contributed by atoms with Crippen molar-refractivity contribution in [1.29, 1.82) is 0 Å². The monoisotopic (exact) mass is 334 g/mol. The van der Waals surface area contributed by atoms with Crippen molar-refractivity contribution in [2.75, 3.05) is 6.26 Å². The van der Waals surface area contributed by atoms with Gasteiger partial charge in [0.25, 0.3) is 5.91 Å². The highest BCUT2D eigenvalue weighted by Gasteiger charge is 2.11. The van der Waals surface area contributed by atoms with Crippen LogP contribution in [0.4, 0.5) is 4.39 Å². The number of thioether (sulfide) groups is 1. The number of nitrogens with one attached hydrogen (secondary N) is 2. The summed E-state index contributed by atoms with van der Waals surface area (Å²) in [7, 11) is 0. The highest BCUT2D eigenvalue weighted by atomic mass is 32.2. The van der Waals surface area contributed by atoms with E-state index in [1.54, 1.807) is 17.8 Å². The van der Waals surface area contributed by atoms with Gasteiger partial charge in [-0.05, 0) is 48.3 Å². The minimum absolute atomic E-state index is 0.0315. The lowest BCUT2D eigenvalue weighted by atomic mass is 10.2. The standard InChI is InChI=1S/C16H15FN2OS2/c1-22-12-8-6-11(7-9-12)10-18-16(21)19-15(20)13-4-2-3-5-14(13)17/h2-9H,10H2,1H3,(H2,18,19,20,21). The van der Waals surface area contributed by atoms with Crippen molar-refractivity contribution in [2.45, 2.75) is 11.4 Å². The summed E-state index contributed by atoms with van der Waals surface area (Å²) in [5.41, 5.74) is 1.01. The number of rotatable bonds is 4. The molecule has 0 fully saturated rings. The molecule has 0 heterocycles. The van der Waals surface area contributed by atoms with Gasteiger partial charge in [-0.2, -0.15) is 0 Å². The van der Waals surface area contributed by atoms with Gasteiger partial charge in [0.1, 0.15) is 5.82 Å². The third-order valence-electron chi connectivity index (χ3n) is 2.96. The Bertz CT molecular complexity index is 674. The van der Waals surface area contributed by atoms with E-state index in [0.717, 1.165) is 5.56 Å². The zero-order valence-corrected chi connectivity index (χ0v) is 13.6. The molecule has 2 N–H and O–H groups in total. The lowest BCUT2D eigenvalue weighted by Crippen LogP contribution is -2.39. The average Bonchev–Trinajstić information content (AvgIpc) is 2.53. The van der Waals surface area contributed by atoms with Crippen LogP contribution in [0.15, 0.2) is 53.4 Å². The highest BCUT2D eigenvalue weighted by Crippen LogP contribution is 2.14. The Hall–Kier alpha value is -1.92. The quantitative estimate of drug-likeness (QED) is 0.665. The van der Waals surface area contributed by atoms with Gasteiger partial charge in [0.15, 0.2) is 5.11 Å². The zero-order chi connectivity index (χ0) is 15.9. The zero-order valence-electron chi connectivity index (χ0n) is 11.9. The van der Waals surface area contributed by atoms with Gasteiger partial charge < -0.3 is 5.32 Å². The minimum Gasteiger partial charge on any atom is -0.358 e. The Labute approximate surface area is 138 Å². The van der Waals surface area contributed by atoms with Crippen LogP contribution in [0.3, 0.4) is 0 Å². The summed E-state index contributed by atoms with van der Waals surface area (Å²) in [5, 5.41) is 5.56. The topological polar surface area (TPSA) is 41.1 Å². The highest BCUT2D eigenvalue weighted by molar-refractivity contribution is 7.98. The van der Waals surface area contributed by atoms with E-state index in [1.165, 1.54) is 23.1 Å². The number of hydrogen-bond donors (Lipinski definition) is 2. The predicted octanol–water partition coefficient (Wildman–Crippen LogP) is 3.35. The summed E-state index contributed by atoms with van der Waals surface area (Å²) in [6, 6.07) is 13.8. The molecule has 0 radical (unpaired) electrons. The van der Waals surface area contributed by atoms with E-state index in [-0.39, 0.29) is 10.7 Å². The molecule has 0 saturated heterocycles. The van der Waals surface area contributed by atoms with E-state index < -0.39 is 11.7 Å². The second-order valence-corrected chi connectivity index (χ2v) is 5.75. The molecule has 114 valence electrons. The molecular weight excluding hydrogens is 319 g/mol. The van der Waals surface area contributed by atoms with E-state index in [9.17, 15) is 9.18 Å². The molecule has 6 heteroatoms. The number of amides is 1. The second kappa shape index (κ2) is 7.91. The Balaban J connectivity index is 1.87. The van der Waals surface area contributed by atoms with Gasteiger partial charge in [0, 0.05) is 11.4 Å². The summed E-state index contributed by atoms with van der Waals surface area (Å²) < 4.78 is 13.5. The normalized spacial score (nSPS) is 10.1. The fourth-order valence-corrected chi connectivity index (χ4v) is 2.36. The minimum atomic E-state index is -0.574. The molecule has 3 nitrogen and oxygen atoms in total. The van der Waals surface area contributed by atoms with Crippen LogP contribution in [0.1, 0.15) is 15.9 Å². The van der Waals surface area contributed by atoms with Gasteiger partial charge in [0.05, 0.1) is 5.56 Å². The van der Waals surface area contributed by atoms with Gasteiger partial charge in [0.2, 0.25) is 0 Å². The molecule has 0 aliphatic carbocycles. The fraction of sp³-hybridized carbons (Fsp3) is 0.125. The lowest BCUT2D eigenvalue weighted by Gasteiger charge is -2.10. The molecule has 0 aliphatic rings. The van der Waals surface area contributed by atoms with Crippen molar-refractivity contribution >= 4 is 35.0 Å². The van der Waals surface area contributed by atoms with Crippen LogP contribution in [-0.4, -0.2) is 17.3 Å². The van der Waals surface area contributed by atoms with Gasteiger partial charge in [-0.15, -0.1) is 11.8 Å². The maximum absolute atomic E-state index is 13.5. The third kappa shape index (κ3) is 4.54. The predicted molar refractivity (Wildman–Crippen MR) is 91.5 cm³/mol. The van der Waals surface area contributed by atoms with Gasteiger partial charge >= 0.3 is 0 Å². The Morgan fingerprint density at radius 3 is 2.50 bits per heavy atom. The van der Waals surface area contributed by atoms with Crippen molar-refractivity contribution < 1.29 is 9.18 Å². The maximum atomic E-state index is 13.5. The molecule has 0 spiro atoms. The third-order valence-corrected chi connectivity index (χ3v) is 3.95. The number of benzene rings is 2. The van der Waals surface area contributed by atoms with Crippen molar-refractivity contribution in [3.05, 3.63) is 65.5 Å². The van der Waals surface area contributed by atoms with Crippen molar-refractivity contribution in [2.24, 2.45) is 0 Å². The van der Waals surface area contributed by atoms with Gasteiger partial charge in [-0.25, -0.2) is 4.39 Å². The van der Waals surface area contributed by atoms with Crippen LogP contribution < -0.4 is 10.6 Å². The van der Waals surface area contributed by atoms with Crippen LogP contribution in [0, 0.1) is 5.82 Å². The SMILES string of the molecule is CSc1ccc(CNC(=S)NC(=O)c2ccccc2F)cc1. The molecule has 22 heavy (non-hydrogen) atoms. The van der Waals surface area contributed by atoms with Crippen molar-refractivity contribution in [3.8, 4) is 0 Å². The maximum Gasteiger partial charge on any atom is 0.260 e. The first-order valence-electron chi connectivity index (χ1n) is 6.57. The number of carbonyl (C=O) groups is 1.